The van der Waals surface area contributed by atoms with Gasteiger partial charge in [-0.15, -0.1) is 0 Å². The molecule has 13 heavy (non-hydrogen) atoms. The molecular formula is C11H15NO. The van der Waals surface area contributed by atoms with E-state index in [0.29, 0.717) is 0 Å². The van der Waals surface area contributed by atoms with Crippen LogP contribution in [0, 0.1) is 5.92 Å². The first-order valence-electron chi connectivity index (χ1n) is 4.94. The molecular weight excluding hydrogens is 162 g/mol. The van der Waals surface area contributed by atoms with Crippen molar-refractivity contribution in [3.05, 3.63) is 30.1 Å². The Kier molecular flexibility index (Phi) is 2.60. The quantitative estimate of drug-likeness (QED) is 0.705. The molecule has 2 heteroatoms. The molecule has 0 aliphatic heterocycles. The van der Waals surface area contributed by atoms with E-state index in [0.717, 1.165) is 18.2 Å². The van der Waals surface area contributed by atoms with Gasteiger partial charge in [-0.3, -0.25) is 4.98 Å². The predicted molar refractivity (Wildman–Crippen MR) is 51.3 cm³/mol. The Labute approximate surface area is 78.9 Å². The molecule has 0 aromatic carbocycles. The van der Waals surface area contributed by atoms with Crippen LogP contribution in [-0.4, -0.2) is 11.6 Å². The monoisotopic (exact) mass is 177 g/mol. The second-order valence-electron chi connectivity index (χ2n) is 3.47. The molecule has 2 rings (SSSR count). The highest BCUT2D eigenvalue weighted by molar-refractivity contribution is 5.10. The molecule has 1 aromatic rings. The molecule has 1 heterocycles. The third-order valence-electron chi connectivity index (χ3n) is 2.38. The first-order valence-corrected chi connectivity index (χ1v) is 4.94. The third-order valence-corrected chi connectivity index (χ3v) is 2.38. The highest BCUT2D eigenvalue weighted by Gasteiger charge is 2.33. The second-order valence-corrected chi connectivity index (χ2v) is 3.47. The molecule has 1 saturated carbocycles. The van der Waals surface area contributed by atoms with Crippen molar-refractivity contribution in [3.63, 3.8) is 0 Å². The number of ether oxygens (including phenoxy) is 1. The Hall–Kier alpha value is -0.890. The summed E-state index contributed by atoms with van der Waals surface area (Å²) in [5, 5.41) is 0. The molecule has 1 atom stereocenters. The summed E-state index contributed by atoms with van der Waals surface area (Å²) in [5.41, 5.74) is 1.09. The maximum absolute atomic E-state index is 5.69. The van der Waals surface area contributed by atoms with E-state index < -0.39 is 0 Å². The van der Waals surface area contributed by atoms with Crippen LogP contribution in [0.25, 0.3) is 0 Å². The average Bonchev–Trinajstić information content (AvgIpc) is 2.99. The second kappa shape index (κ2) is 3.88. The summed E-state index contributed by atoms with van der Waals surface area (Å²) in [5.74, 6) is 0.717. The van der Waals surface area contributed by atoms with Crippen molar-refractivity contribution in [1.82, 2.24) is 4.98 Å². The van der Waals surface area contributed by atoms with Gasteiger partial charge >= 0.3 is 0 Å². The lowest BCUT2D eigenvalue weighted by atomic mass is 10.1. The number of hydrogen-bond donors (Lipinski definition) is 0. The zero-order valence-corrected chi connectivity index (χ0v) is 7.94. The summed E-state index contributed by atoms with van der Waals surface area (Å²) < 4.78 is 5.69. The summed E-state index contributed by atoms with van der Waals surface area (Å²) in [7, 11) is 0. The van der Waals surface area contributed by atoms with Crippen LogP contribution >= 0.6 is 0 Å². The van der Waals surface area contributed by atoms with Crippen LogP contribution in [0.3, 0.4) is 0 Å². The van der Waals surface area contributed by atoms with E-state index in [9.17, 15) is 0 Å². The molecule has 0 spiro atoms. The van der Waals surface area contributed by atoms with Crippen molar-refractivity contribution < 1.29 is 4.74 Å². The molecule has 1 unspecified atom stereocenters. The van der Waals surface area contributed by atoms with Gasteiger partial charge in [-0.25, -0.2) is 0 Å². The van der Waals surface area contributed by atoms with Gasteiger partial charge in [0.2, 0.25) is 0 Å². The van der Waals surface area contributed by atoms with Gasteiger partial charge in [0.05, 0.1) is 5.69 Å². The summed E-state index contributed by atoms with van der Waals surface area (Å²) in [6, 6.07) is 6.02. The van der Waals surface area contributed by atoms with Crippen molar-refractivity contribution >= 4 is 0 Å². The largest absolute Gasteiger partial charge is 0.372 e. The summed E-state index contributed by atoms with van der Waals surface area (Å²) in [4.78, 5) is 4.33. The normalized spacial score (nSPS) is 18.5. The fourth-order valence-electron chi connectivity index (χ4n) is 1.59. The molecule has 0 amide bonds. The maximum Gasteiger partial charge on any atom is 0.102 e. The Morgan fingerprint density at radius 3 is 2.92 bits per heavy atom. The lowest BCUT2D eigenvalue weighted by Crippen LogP contribution is -2.07. The van der Waals surface area contributed by atoms with Crippen LogP contribution in [0.15, 0.2) is 24.4 Å². The summed E-state index contributed by atoms with van der Waals surface area (Å²) in [6.07, 6.45) is 4.66. The van der Waals surface area contributed by atoms with E-state index in [4.69, 9.17) is 4.74 Å². The predicted octanol–water partition coefficient (Wildman–Crippen LogP) is 2.57. The fourth-order valence-corrected chi connectivity index (χ4v) is 1.59. The van der Waals surface area contributed by atoms with Crippen LogP contribution < -0.4 is 0 Å². The topological polar surface area (TPSA) is 22.1 Å². The van der Waals surface area contributed by atoms with E-state index in [-0.39, 0.29) is 6.10 Å². The van der Waals surface area contributed by atoms with E-state index in [1.165, 1.54) is 12.8 Å². The zero-order chi connectivity index (χ0) is 9.10. The van der Waals surface area contributed by atoms with Crippen LogP contribution in [0.4, 0.5) is 0 Å². The molecule has 1 aliphatic carbocycles. The fraction of sp³-hybridized carbons (Fsp3) is 0.545. The minimum Gasteiger partial charge on any atom is -0.372 e. The molecule has 1 aromatic heterocycles. The van der Waals surface area contributed by atoms with Gasteiger partial charge in [-0.05, 0) is 37.8 Å². The van der Waals surface area contributed by atoms with Crippen LogP contribution in [-0.2, 0) is 4.74 Å². The maximum atomic E-state index is 5.69. The molecule has 1 aliphatic rings. The number of pyridine rings is 1. The molecule has 70 valence electrons. The number of nitrogens with zero attached hydrogens (tertiary/aromatic N) is 1. The molecule has 0 saturated heterocycles. The summed E-state index contributed by atoms with van der Waals surface area (Å²) >= 11 is 0. The van der Waals surface area contributed by atoms with Crippen molar-refractivity contribution in [3.8, 4) is 0 Å². The first kappa shape index (κ1) is 8.70. The van der Waals surface area contributed by atoms with Crippen LogP contribution in [0.1, 0.15) is 31.6 Å². The lowest BCUT2D eigenvalue weighted by molar-refractivity contribution is 0.0433. The van der Waals surface area contributed by atoms with E-state index in [2.05, 4.69) is 11.1 Å². The van der Waals surface area contributed by atoms with E-state index in [1.807, 2.05) is 25.3 Å². The van der Waals surface area contributed by atoms with Gasteiger partial charge in [-0.2, -0.15) is 0 Å². The van der Waals surface area contributed by atoms with Gasteiger partial charge < -0.3 is 4.74 Å². The smallest absolute Gasteiger partial charge is 0.102 e. The lowest BCUT2D eigenvalue weighted by Gasteiger charge is -2.15. The highest BCUT2D eigenvalue weighted by Crippen LogP contribution is 2.42. The molecule has 0 bridgehead atoms. The van der Waals surface area contributed by atoms with E-state index >= 15 is 0 Å². The number of aromatic nitrogens is 1. The Morgan fingerprint density at radius 2 is 2.38 bits per heavy atom. The van der Waals surface area contributed by atoms with Crippen molar-refractivity contribution in [1.29, 1.82) is 0 Å². The van der Waals surface area contributed by atoms with Gasteiger partial charge in [0, 0.05) is 12.8 Å². The number of hydrogen-bond acceptors (Lipinski definition) is 2. The highest BCUT2D eigenvalue weighted by atomic mass is 16.5. The first-order chi connectivity index (χ1) is 6.42. The van der Waals surface area contributed by atoms with Crippen LogP contribution in [0.5, 0.6) is 0 Å². The standard InChI is InChI=1S/C11H15NO/c1-2-13-11(9-6-7-9)10-5-3-4-8-12-10/h3-5,8-9,11H,2,6-7H2,1H3. The average molecular weight is 177 g/mol. The van der Waals surface area contributed by atoms with Gasteiger partial charge in [-0.1, -0.05) is 6.07 Å². The minimum absolute atomic E-state index is 0.242. The van der Waals surface area contributed by atoms with Gasteiger partial charge in [0.1, 0.15) is 6.10 Å². The molecule has 0 N–H and O–H groups in total. The van der Waals surface area contributed by atoms with Crippen molar-refractivity contribution in [2.45, 2.75) is 25.9 Å². The third kappa shape index (κ3) is 2.07. The van der Waals surface area contributed by atoms with Crippen molar-refractivity contribution in [2.24, 2.45) is 5.92 Å². The Morgan fingerprint density at radius 1 is 1.54 bits per heavy atom. The minimum atomic E-state index is 0.242. The summed E-state index contributed by atoms with van der Waals surface area (Å²) in [6.45, 7) is 2.82. The Bertz CT molecular complexity index is 256. The van der Waals surface area contributed by atoms with Gasteiger partial charge in [0.25, 0.3) is 0 Å². The zero-order valence-electron chi connectivity index (χ0n) is 7.94. The molecule has 0 radical (unpaired) electrons. The molecule has 2 nitrogen and oxygen atoms in total. The Balaban J connectivity index is 2.10. The van der Waals surface area contributed by atoms with Crippen molar-refractivity contribution in [2.75, 3.05) is 6.61 Å². The van der Waals surface area contributed by atoms with Gasteiger partial charge in [0.15, 0.2) is 0 Å². The van der Waals surface area contributed by atoms with Crippen LogP contribution in [0.2, 0.25) is 0 Å². The SMILES string of the molecule is CCOC(c1ccccn1)C1CC1. The number of rotatable bonds is 4. The van der Waals surface area contributed by atoms with E-state index in [1.54, 1.807) is 0 Å². The molecule has 1 fully saturated rings.